The second-order valence-corrected chi connectivity index (χ2v) is 7.53. The van der Waals surface area contributed by atoms with E-state index in [0.29, 0.717) is 13.0 Å². The summed E-state index contributed by atoms with van der Waals surface area (Å²) in [4.78, 5) is 1.22. The molecule has 0 radical (unpaired) electrons. The molecular weight excluding hydrogens is 312 g/mol. The van der Waals surface area contributed by atoms with E-state index in [1.807, 2.05) is 13.0 Å². The number of thiophene rings is 1. The van der Waals surface area contributed by atoms with Gasteiger partial charge in [-0.25, -0.2) is 0 Å². The molecule has 1 fully saturated rings. The van der Waals surface area contributed by atoms with Crippen molar-refractivity contribution >= 4 is 27.3 Å². The molecule has 1 saturated carbocycles. The van der Waals surface area contributed by atoms with Gasteiger partial charge in [0.2, 0.25) is 0 Å². The van der Waals surface area contributed by atoms with Crippen LogP contribution in [0.25, 0.3) is 0 Å². The predicted octanol–water partition coefficient (Wildman–Crippen LogP) is 4.15. The maximum absolute atomic E-state index is 10.6. The molecule has 1 aromatic heterocycles. The zero-order valence-electron chi connectivity index (χ0n) is 10.8. The molecule has 0 aromatic carbocycles. The Balaban J connectivity index is 2.05. The van der Waals surface area contributed by atoms with Gasteiger partial charge in [-0.3, -0.25) is 0 Å². The molecule has 18 heavy (non-hydrogen) atoms. The van der Waals surface area contributed by atoms with E-state index in [1.165, 1.54) is 24.1 Å². The van der Waals surface area contributed by atoms with Crippen LogP contribution >= 0.6 is 27.3 Å². The quantitative estimate of drug-likeness (QED) is 0.877. The molecule has 1 aromatic rings. The third-order valence-electron chi connectivity index (χ3n) is 3.76. The topological polar surface area (TPSA) is 29.5 Å². The second-order valence-electron chi connectivity index (χ2n) is 4.98. The molecule has 1 atom stereocenters. The van der Waals surface area contributed by atoms with Crippen LogP contribution in [0.3, 0.4) is 0 Å². The molecule has 2 nitrogen and oxygen atoms in total. The van der Waals surface area contributed by atoms with E-state index in [4.69, 9.17) is 4.74 Å². The third kappa shape index (κ3) is 3.35. The molecular formula is C14H21BrO2S. The van der Waals surface area contributed by atoms with Crippen molar-refractivity contribution in [3.05, 3.63) is 20.8 Å². The molecule has 102 valence electrons. The summed E-state index contributed by atoms with van der Waals surface area (Å²) in [5, 5.41) is 10.6. The maximum Gasteiger partial charge on any atom is 0.0943 e. The van der Waals surface area contributed by atoms with Gasteiger partial charge in [-0.15, -0.1) is 11.3 Å². The predicted molar refractivity (Wildman–Crippen MR) is 79.2 cm³/mol. The molecule has 1 N–H and O–H groups in total. The van der Waals surface area contributed by atoms with E-state index >= 15 is 0 Å². The minimum Gasteiger partial charge on any atom is -0.390 e. The molecule has 0 spiro atoms. The van der Waals surface area contributed by atoms with Crippen LogP contribution in [-0.4, -0.2) is 23.4 Å². The van der Waals surface area contributed by atoms with Crippen LogP contribution in [0.2, 0.25) is 0 Å². The smallest absolute Gasteiger partial charge is 0.0943 e. The van der Waals surface area contributed by atoms with Gasteiger partial charge in [0.15, 0.2) is 0 Å². The van der Waals surface area contributed by atoms with Crippen molar-refractivity contribution in [2.75, 3.05) is 6.61 Å². The zero-order valence-corrected chi connectivity index (χ0v) is 13.2. The summed E-state index contributed by atoms with van der Waals surface area (Å²) in [5.74, 6) is 0. The molecule has 0 saturated heterocycles. The summed E-state index contributed by atoms with van der Waals surface area (Å²) in [6.45, 7) is 2.70. The Kier molecular flexibility index (Phi) is 5.24. The Morgan fingerprint density at radius 2 is 2.11 bits per heavy atom. The Bertz CT molecular complexity index is 366. The highest BCUT2D eigenvalue weighted by Crippen LogP contribution is 2.36. The Labute approximate surface area is 121 Å². The lowest BCUT2D eigenvalue weighted by Gasteiger charge is -2.40. The van der Waals surface area contributed by atoms with Crippen molar-refractivity contribution in [3.63, 3.8) is 0 Å². The lowest BCUT2D eigenvalue weighted by molar-refractivity contribution is -0.138. The van der Waals surface area contributed by atoms with Crippen molar-refractivity contribution in [3.8, 4) is 0 Å². The number of aliphatic hydroxyl groups is 1. The van der Waals surface area contributed by atoms with Gasteiger partial charge >= 0.3 is 0 Å². The molecule has 0 bridgehead atoms. The summed E-state index contributed by atoms with van der Waals surface area (Å²) in [7, 11) is 0. The number of hydrogen-bond donors (Lipinski definition) is 1. The van der Waals surface area contributed by atoms with E-state index in [9.17, 15) is 5.11 Å². The minimum absolute atomic E-state index is 0.302. The molecule has 1 aliphatic rings. The fourth-order valence-corrected chi connectivity index (χ4v) is 4.37. The Morgan fingerprint density at radius 1 is 1.39 bits per heavy atom. The van der Waals surface area contributed by atoms with Crippen molar-refractivity contribution in [2.24, 2.45) is 0 Å². The van der Waals surface area contributed by atoms with E-state index in [-0.39, 0.29) is 11.7 Å². The van der Waals surface area contributed by atoms with Gasteiger partial charge < -0.3 is 9.84 Å². The maximum atomic E-state index is 10.6. The first-order chi connectivity index (χ1) is 8.66. The van der Waals surface area contributed by atoms with E-state index in [1.54, 1.807) is 11.3 Å². The fourth-order valence-electron chi connectivity index (χ4n) is 2.85. The normalized spacial score (nSPS) is 20.8. The summed E-state index contributed by atoms with van der Waals surface area (Å²) in [5.41, 5.74) is -0.302. The SMILES string of the molecule is CCOC1(C(O)Cc2ccc(Br)s2)CCCCC1. The number of ether oxygens (including phenoxy) is 1. The van der Waals surface area contributed by atoms with Crippen molar-refractivity contribution in [2.45, 2.75) is 57.2 Å². The largest absolute Gasteiger partial charge is 0.390 e. The lowest BCUT2D eigenvalue weighted by atomic mass is 9.79. The van der Waals surface area contributed by atoms with Crippen LogP contribution in [-0.2, 0) is 11.2 Å². The number of aliphatic hydroxyl groups excluding tert-OH is 1. The first kappa shape index (κ1) is 14.5. The highest BCUT2D eigenvalue weighted by Gasteiger charge is 2.39. The first-order valence-corrected chi connectivity index (χ1v) is 8.33. The Morgan fingerprint density at radius 3 is 2.67 bits per heavy atom. The van der Waals surface area contributed by atoms with Crippen LogP contribution in [0.15, 0.2) is 15.9 Å². The Hall–Kier alpha value is 0.1000. The van der Waals surface area contributed by atoms with Crippen molar-refractivity contribution < 1.29 is 9.84 Å². The third-order valence-corrected chi connectivity index (χ3v) is 5.41. The van der Waals surface area contributed by atoms with Gasteiger partial charge in [0.1, 0.15) is 0 Å². The van der Waals surface area contributed by atoms with Crippen LogP contribution in [0.4, 0.5) is 0 Å². The fraction of sp³-hybridized carbons (Fsp3) is 0.714. The van der Waals surface area contributed by atoms with Gasteiger partial charge in [-0.2, -0.15) is 0 Å². The lowest BCUT2D eigenvalue weighted by Crippen LogP contribution is -2.47. The zero-order chi connectivity index (χ0) is 13.0. The summed E-state index contributed by atoms with van der Waals surface area (Å²) in [6.07, 6.45) is 5.92. The average molecular weight is 333 g/mol. The minimum atomic E-state index is -0.386. The van der Waals surface area contributed by atoms with Crippen molar-refractivity contribution in [1.29, 1.82) is 0 Å². The average Bonchev–Trinajstić information content (AvgIpc) is 2.76. The van der Waals surface area contributed by atoms with E-state index in [0.717, 1.165) is 16.6 Å². The highest BCUT2D eigenvalue weighted by atomic mass is 79.9. The highest BCUT2D eigenvalue weighted by molar-refractivity contribution is 9.11. The molecule has 1 aliphatic carbocycles. The molecule has 1 unspecified atom stereocenters. The van der Waals surface area contributed by atoms with Crippen molar-refractivity contribution in [1.82, 2.24) is 0 Å². The molecule has 2 rings (SSSR count). The van der Waals surface area contributed by atoms with Crippen LogP contribution in [0.5, 0.6) is 0 Å². The summed E-state index contributed by atoms with van der Waals surface area (Å²) >= 11 is 5.17. The van der Waals surface area contributed by atoms with Gasteiger partial charge in [0.25, 0.3) is 0 Å². The molecule has 0 aliphatic heterocycles. The molecule has 1 heterocycles. The van der Waals surface area contributed by atoms with Crippen LogP contribution in [0, 0.1) is 0 Å². The van der Waals surface area contributed by atoms with Gasteiger partial charge in [0, 0.05) is 17.9 Å². The van der Waals surface area contributed by atoms with Gasteiger partial charge in [-0.1, -0.05) is 19.3 Å². The van der Waals surface area contributed by atoms with E-state index < -0.39 is 0 Å². The summed E-state index contributed by atoms with van der Waals surface area (Å²) in [6, 6.07) is 4.13. The number of hydrogen-bond acceptors (Lipinski definition) is 3. The van der Waals surface area contributed by atoms with Crippen LogP contribution < -0.4 is 0 Å². The van der Waals surface area contributed by atoms with Crippen LogP contribution in [0.1, 0.15) is 43.9 Å². The molecule has 4 heteroatoms. The summed E-state index contributed by atoms with van der Waals surface area (Å²) < 4.78 is 7.08. The molecule has 0 amide bonds. The number of halogens is 1. The standard InChI is InChI=1S/C14H21BrO2S/c1-2-17-14(8-4-3-5-9-14)12(16)10-11-6-7-13(15)18-11/h6-7,12,16H,2-5,8-10H2,1H3. The second kappa shape index (κ2) is 6.51. The van der Waals surface area contributed by atoms with Gasteiger partial charge in [0.05, 0.1) is 15.5 Å². The van der Waals surface area contributed by atoms with E-state index in [2.05, 4.69) is 22.0 Å². The monoisotopic (exact) mass is 332 g/mol. The van der Waals surface area contributed by atoms with Gasteiger partial charge in [-0.05, 0) is 47.8 Å². The first-order valence-electron chi connectivity index (χ1n) is 6.72. The number of rotatable bonds is 5.